The van der Waals surface area contributed by atoms with Gasteiger partial charge in [-0.3, -0.25) is 9.59 Å². The van der Waals surface area contributed by atoms with E-state index in [1.807, 2.05) is 0 Å². The molecule has 0 heterocycles. The second-order valence-corrected chi connectivity index (χ2v) is 5.32. The Morgan fingerprint density at radius 1 is 0.812 bits per heavy atom. The Hall–Kier alpha value is -1.18. The maximum Gasteiger partial charge on any atom is 0.186 e. The highest BCUT2D eigenvalue weighted by Crippen LogP contribution is 2.45. The molecule has 0 saturated carbocycles. The summed E-state index contributed by atoms with van der Waals surface area (Å²) in [6.45, 7) is 4.13. The highest BCUT2D eigenvalue weighted by atomic mass is 16.1. The fourth-order valence-corrected chi connectivity index (χ4v) is 3.39. The summed E-state index contributed by atoms with van der Waals surface area (Å²) in [5.41, 5.74) is 3.37. The van der Waals surface area contributed by atoms with E-state index in [0.717, 1.165) is 48.0 Å². The average Bonchev–Trinajstić information content (AvgIpc) is 2.80. The van der Waals surface area contributed by atoms with Crippen LogP contribution in [0.5, 0.6) is 0 Å². The molecular formula is C14H16O2. The zero-order chi connectivity index (χ0) is 11.4. The minimum absolute atomic E-state index is 0.193. The normalized spacial score (nSPS) is 33.6. The molecule has 0 radical (unpaired) electrons. The van der Waals surface area contributed by atoms with Crippen LogP contribution in [-0.4, -0.2) is 11.6 Å². The highest BCUT2D eigenvalue weighted by molar-refractivity contribution is 6.26. The second kappa shape index (κ2) is 3.16. The van der Waals surface area contributed by atoms with Crippen LogP contribution in [0.15, 0.2) is 22.3 Å². The number of allylic oxidation sites excluding steroid dienone is 4. The van der Waals surface area contributed by atoms with Gasteiger partial charge in [-0.15, -0.1) is 0 Å². The van der Waals surface area contributed by atoms with Crippen molar-refractivity contribution in [2.45, 2.75) is 39.5 Å². The summed E-state index contributed by atoms with van der Waals surface area (Å²) in [7, 11) is 0. The van der Waals surface area contributed by atoms with Crippen LogP contribution in [0.25, 0.3) is 0 Å². The fraction of sp³-hybridized carbons (Fsp3) is 0.571. The van der Waals surface area contributed by atoms with Gasteiger partial charge in [0.2, 0.25) is 0 Å². The predicted octanol–water partition coefficient (Wildman–Crippen LogP) is 2.59. The van der Waals surface area contributed by atoms with Crippen molar-refractivity contribution in [2.24, 2.45) is 11.8 Å². The molecule has 84 valence electrons. The topological polar surface area (TPSA) is 34.1 Å². The molecule has 0 bridgehead atoms. The lowest BCUT2D eigenvalue weighted by atomic mass is 9.83. The summed E-state index contributed by atoms with van der Waals surface area (Å²) in [6.07, 6.45) is 3.56. The average molecular weight is 216 g/mol. The van der Waals surface area contributed by atoms with Crippen molar-refractivity contribution in [3.05, 3.63) is 22.3 Å². The van der Waals surface area contributed by atoms with Gasteiger partial charge in [-0.1, -0.05) is 13.8 Å². The monoisotopic (exact) mass is 216 g/mol. The molecule has 2 heteroatoms. The van der Waals surface area contributed by atoms with Gasteiger partial charge in [-0.05, 0) is 37.5 Å². The molecule has 0 aromatic carbocycles. The van der Waals surface area contributed by atoms with Gasteiger partial charge in [0, 0.05) is 22.3 Å². The second-order valence-electron chi connectivity index (χ2n) is 5.32. The zero-order valence-corrected chi connectivity index (χ0v) is 9.80. The first-order valence-corrected chi connectivity index (χ1v) is 6.16. The molecule has 0 aromatic heterocycles. The minimum atomic E-state index is 0.193. The summed E-state index contributed by atoms with van der Waals surface area (Å²) >= 11 is 0. The molecule has 0 aliphatic heterocycles. The minimum Gasteiger partial charge on any atom is -0.289 e. The summed E-state index contributed by atoms with van der Waals surface area (Å²) in [6, 6.07) is 0. The van der Waals surface area contributed by atoms with E-state index in [9.17, 15) is 9.59 Å². The van der Waals surface area contributed by atoms with Crippen LogP contribution in [-0.2, 0) is 9.59 Å². The van der Waals surface area contributed by atoms with Gasteiger partial charge in [-0.2, -0.15) is 0 Å². The molecular weight excluding hydrogens is 200 g/mol. The van der Waals surface area contributed by atoms with Crippen LogP contribution >= 0.6 is 0 Å². The Kier molecular flexibility index (Phi) is 1.97. The van der Waals surface area contributed by atoms with Gasteiger partial charge < -0.3 is 0 Å². The third-order valence-electron chi connectivity index (χ3n) is 4.33. The molecule has 3 aliphatic rings. The molecule has 0 saturated heterocycles. The van der Waals surface area contributed by atoms with E-state index in [1.165, 1.54) is 0 Å². The third kappa shape index (κ3) is 1.07. The van der Waals surface area contributed by atoms with Crippen LogP contribution < -0.4 is 0 Å². The van der Waals surface area contributed by atoms with Crippen molar-refractivity contribution in [3.63, 3.8) is 0 Å². The zero-order valence-electron chi connectivity index (χ0n) is 9.80. The molecule has 0 fully saturated rings. The third-order valence-corrected chi connectivity index (χ3v) is 4.33. The number of hydrogen-bond donors (Lipinski definition) is 0. The molecule has 0 amide bonds. The largest absolute Gasteiger partial charge is 0.289 e. The van der Waals surface area contributed by atoms with Gasteiger partial charge in [0.15, 0.2) is 11.6 Å². The first-order chi connectivity index (χ1) is 7.61. The van der Waals surface area contributed by atoms with Crippen LogP contribution in [0.2, 0.25) is 0 Å². The van der Waals surface area contributed by atoms with E-state index in [-0.39, 0.29) is 23.4 Å². The molecule has 2 unspecified atom stereocenters. The van der Waals surface area contributed by atoms with Crippen LogP contribution in [0, 0.1) is 11.8 Å². The molecule has 0 aromatic rings. The molecule has 2 nitrogen and oxygen atoms in total. The standard InChI is InChI=1S/C14H16O2/c1-7-3-5-9-11(7)13(15)10-6-4-8(2)12(10)14(9)16/h7-8H,3-6H2,1-2H3. The van der Waals surface area contributed by atoms with Crippen molar-refractivity contribution in [3.8, 4) is 0 Å². The van der Waals surface area contributed by atoms with E-state index >= 15 is 0 Å². The van der Waals surface area contributed by atoms with Crippen molar-refractivity contribution >= 4 is 11.6 Å². The quantitative estimate of drug-likeness (QED) is 0.583. The number of ketones is 2. The highest BCUT2D eigenvalue weighted by Gasteiger charge is 2.42. The molecule has 2 atom stereocenters. The van der Waals surface area contributed by atoms with E-state index in [0.29, 0.717) is 0 Å². The van der Waals surface area contributed by atoms with Crippen molar-refractivity contribution in [2.75, 3.05) is 0 Å². The Morgan fingerprint density at radius 3 is 1.56 bits per heavy atom. The number of carbonyl (C=O) groups is 2. The molecule has 16 heavy (non-hydrogen) atoms. The lowest BCUT2D eigenvalue weighted by Crippen LogP contribution is -2.22. The van der Waals surface area contributed by atoms with E-state index in [4.69, 9.17) is 0 Å². The molecule has 0 spiro atoms. The lowest BCUT2D eigenvalue weighted by molar-refractivity contribution is -0.116. The van der Waals surface area contributed by atoms with Crippen LogP contribution in [0.4, 0.5) is 0 Å². The van der Waals surface area contributed by atoms with E-state index in [1.54, 1.807) is 0 Å². The van der Waals surface area contributed by atoms with Gasteiger partial charge in [0.1, 0.15) is 0 Å². The van der Waals surface area contributed by atoms with E-state index < -0.39 is 0 Å². The van der Waals surface area contributed by atoms with Crippen LogP contribution in [0.1, 0.15) is 39.5 Å². The Labute approximate surface area is 95.4 Å². The van der Waals surface area contributed by atoms with Gasteiger partial charge in [0.05, 0.1) is 0 Å². The number of carbonyl (C=O) groups excluding carboxylic acids is 2. The molecule has 0 N–H and O–H groups in total. The van der Waals surface area contributed by atoms with Crippen molar-refractivity contribution in [1.82, 2.24) is 0 Å². The first kappa shape index (κ1) is 10.0. The number of hydrogen-bond acceptors (Lipinski definition) is 2. The molecule has 3 aliphatic carbocycles. The number of rotatable bonds is 0. The lowest BCUT2D eigenvalue weighted by Gasteiger charge is -2.19. The maximum absolute atomic E-state index is 12.3. The smallest absolute Gasteiger partial charge is 0.186 e. The summed E-state index contributed by atoms with van der Waals surface area (Å²) < 4.78 is 0. The first-order valence-electron chi connectivity index (χ1n) is 6.16. The Balaban J connectivity index is 2.14. The van der Waals surface area contributed by atoms with Crippen molar-refractivity contribution < 1.29 is 9.59 Å². The van der Waals surface area contributed by atoms with Gasteiger partial charge in [-0.25, -0.2) is 0 Å². The fourth-order valence-electron chi connectivity index (χ4n) is 3.39. The summed E-state index contributed by atoms with van der Waals surface area (Å²) in [5.74, 6) is 0.964. The Morgan fingerprint density at radius 2 is 1.19 bits per heavy atom. The van der Waals surface area contributed by atoms with Crippen LogP contribution in [0.3, 0.4) is 0 Å². The van der Waals surface area contributed by atoms with Gasteiger partial charge in [0.25, 0.3) is 0 Å². The van der Waals surface area contributed by atoms with Crippen molar-refractivity contribution in [1.29, 1.82) is 0 Å². The van der Waals surface area contributed by atoms with E-state index in [2.05, 4.69) is 13.8 Å². The molecule has 3 rings (SSSR count). The van der Waals surface area contributed by atoms with Gasteiger partial charge >= 0.3 is 0 Å². The maximum atomic E-state index is 12.3. The Bertz CT molecular complexity index is 421. The summed E-state index contributed by atoms with van der Waals surface area (Å²) in [4.78, 5) is 24.6. The number of Topliss-reactive ketones (excluding diaryl/α,β-unsaturated/α-hetero) is 2. The summed E-state index contributed by atoms with van der Waals surface area (Å²) in [5, 5.41) is 0. The SMILES string of the molecule is CC1CCC2=C1C(=O)C1=C(C2=O)C(C)CC1. The predicted molar refractivity (Wildman–Crippen MR) is 60.9 cm³/mol.